The number of epoxide rings is 1. The zero-order chi connectivity index (χ0) is 18.8. The summed E-state index contributed by atoms with van der Waals surface area (Å²) < 4.78 is 21.8. The van der Waals surface area contributed by atoms with Crippen LogP contribution in [-0.4, -0.2) is 25.8 Å². The Bertz CT molecular complexity index is 895. The molecule has 0 saturated carbocycles. The minimum absolute atomic E-state index is 0.101. The molecule has 1 fully saturated rings. The lowest BCUT2D eigenvalue weighted by Crippen LogP contribution is -2.12. The van der Waals surface area contributed by atoms with E-state index in [1.807, 2.05) is 26.0 Å². The van der Waals surface area contributed by atoms with E-state index >= 15 is 0 Å². The largest absolute Gasteiger partial charge is 0.496 e. The molecule has 2 heterocycles. The molecule has 0 aliphatic carbocycles. The molecule has 26 heavy (non-hydrogen) atoms. The second kappa shape index (κ2) is 7.33. The number of carbonyl (C=O) groups is 1. The molecule has 0 bridgehead atoms. The van der Waals surface area contributed by atoms with Crippen LogP contribution >= 0.6 is 0 Å². The molecule has 0 unspecified atom stereocenters. The number of hydrogen-bond acceptors (Lipinski definition) is 6. The zero-order valence-electron chi connectivity index (χ0n) is 15.1. The molecule has 0 spiro atoms. The Morgan fingerprint density at radius 1 is 1.27 bits per heavy atom. The van der Waals surface area contributed by atoms with Crippen LogP contribution in [0, 0.1) is 5.92 Å². The summed E-state index contributed by atoms with van der Waals surface area (Å²) in [4.78, 5) is 23.3. The normalized spacial score (nSPS) is 18.8. The third-order valence-corrected chi connectivity index (χ3v) is 4.18. The third kappa shape index (κ3) is 3.80. The Morgan fingerprint density at radius 2 is 2.00 bits per heavy atom. The molecule has 1 aliphatic rings. The highest BCUT2D eigenvalue weighted by atomic mass is 16.6. The summed E-state index contributed by atoms with van der Waals surface area (Å²) in [5.41, 5.74) is 1.33. The van der Waals surface area contributed by atoms with Crippen LogP contribution in [0.3, 0.4) is 0 Å². The van der Waals surface area contributed by atoms with Gasteiger partial charge in [-0.2, -0.15) is 0 Å². The number of carbonyl (C=O) groups excluding carboxylic acids is 1. The molecule has 1 aliphatic heterocycles. The van der Waals surface area contributed by atoms with Gasteiger partial charge in [0.05, 0.1) is 12.7 Å². The fourth-order valence-electron chi connectivity index (χ4n) is 2.87. The maximum Gasteiger partial charge on any atom is 0.336 e. The van der Waals surface area contributed by atoms with E-state index in [2.05, 4.69) is 6.58 Å². The summed E-state index contributed by atoms with van der Waals surface area (Å²) >= 11 is 0. The fourth-order valence-corrected chi connectivity index (χ4v) is 2.87. The molecule has 6 nitrogen and oxygen atoms in total. The van der Waals surface area contributed by atoms with Crippen molar-refractivity contribution in [2.24, 2.45) is 5.92 Å². The van der Waals surface area contributed by atoms with Crippen LogP contribution in [0.15, 0.2) is 45.6 Å². The average Bonchev–Trinajstić information content (AvgIpc) is 3.38. The van der Waals surface area contributed by atoms with Gasteiger partial charge in [-0.05, 0) is 29.7 Å². The van der Waals surface area contributed by atoms with Gasteiger partial charge in [0.15, 0.2) is 0 Å². The quantitative estimate of drug-likeness (QED) is 0.327. The lowest BCUT2D eigenvalue weighted by atomic mass is 10.0. The van der Waals surface area contributed by atoms with E-state index < -0.39 is 5.63 Å². The van der Waals surface area contributed by atoms with Gasteiger partial charge in [-0.15, -0.1) is 0 Å². The molecule has 6 heteroatoms. The zero-order valence-corrected chi connectivity index (χ0v) is 15.1. The van der Waals surface area contributed by atoms with E-state index in [9.17, 15) is 9.59 Å². The van der Waals surface area contributed by atoms with Crippen molar-refractivity contribution >= 4 is 16.9 Å². The van der Waals surface area contributed by atoms with Crippen molar-refractivity contribution in [2.75, 3.05) is 13.7 Å². The Morgan fingerprint density at radius 3 is 2.69 bits per heavy atom. The first-order chi connectivity index (χ1) is 12.4. The lowest BCUT2D eigenvalue weighted by molar-refractivity contribution is -0.143. The van der Waals surface area contributed by atoms with Gasteiger partial charge < -0.3 is 18.6 Å². The van der Waals surface area contributed by atoms with Crippen LogP contribution in [0.5, 0.6) is 5.75 Å². The van der Waals surface area contributed by atoms with E-state index in [1.54, 1.807) is 13.2 Å². The predicted octanol–water partition coefficient (Wildman–Crippen LogP) is 3.39. The number of hydrogen-bond donors (Lipinski definition) is 0. The molecular formula is C20H22O6. The standard InChI is InChI=1S/C20H22O6/c1-11(2)9-16(22)24-10-12(3)18-20(26-18)17-14(23-4)7-5-13-6-8-15(21)25-19(13)17/h5-8,11,18,20H,3,9-10H2,1-2,4H3/t18-,20-/m0/s1. The molecule has 0 radical (unpaired) electrons. The van der Waals surface area contributed by atoms with Crippen molar-refractivity contribution in [3.8, 4) is 5.75 Å². The van der Waals surface area contributed by atoms with E-state index in [4.69, 9.17) is 18.6 Å². The average molecular weight is 358 g/mol. The molecule has 138 valence electrons. The van der Waals surface area contributed by atoms with Crippen LogP contribution in [0.25, 0.3) is 11.0 Å². The fraction of sp³-hybridized carbons (Fsp3) is 0.400. The van der Waals surface area contributed by atoms with Gasteiger partial charge in [0.1, 0.15) is 30.1 Å². The van der Waals surface area contributed by atoms with Gasteiger partial charge in [-0.1, -0.05) is 20.4 Å². The number of esters is 1. The summed E-state index contributed by atoms with van der Waals surface area (Å²) in [7, 11) is 1.55. The molecule has 1 aromatic heterocycles. The van der Waals surface area contributed by atoms with Crippen molar-refractivity contribution in [3.05, 3.63) is 52.4 Å². The Balaban J connectivity index is 1.77. The minimum Gasteiger partial charge on any atom is -0.496 e. The van der Waals surface area contributed by atoms with Gasteiger partial charge in [0.2, 0.25) is 0 Å². The van der Waals surface area contributed by atoms with Gasteiger partial charge >= 0.3 is 11.6 Å². The van der Waals surface area contributed by atoms with Gasteiger partial charge in [-0.3, -0.25) is 4.79 Å². The molecular weight excluding hydrogens is 336 g/mol. The van der Waals surface area contributed by atoms with Crippen molar-refractivity contribution in [3.63, 3.8) is 0 Å². The van der Waals surface area contributed by atoms with Crippen LogP contribution in [0.4, 0.5) is 0 Å². The van der Waals surface area contributed by atoms with E-state index in [-0.39, 0.29) is 30.7 Å². The van der Waals surface area contributed by atoms with Crippen LogP contribution in [0.2, 0.25) is 0 Å². The highest BCUT2D eigenvalue weighted by Gasteiger charge is 2.45. The Labute approximate surface area is 151 Å². The van der Waals surface area contributed by atoms with Crippen LogP contribution < -0.4 is 10.4 Å². The monoisotopic (exact) mass is 358 g/mol. The number of benzene rings is 1. The van der Waals surface area contributed by atoms with E-state index in [1.165, 1.54) is 6.07 Å². The predicted molar refractivity (Wildman–Crippen MR) is 96.2 cm³/mol. The Hall–Kier alpha value is -2.60. The van der Waals surface area contributed by atoms with Crippen molar-refractivity contribution < 1.29 is 23.4 Å². The van der Waals surface area contributed by atoms with Crippen molar-refractivity contribution in [2.45, 2.75) is 32.5 Å². The molecule has 3 rings (SSSR count). The smallest absolute Gasteiger partial charge is 0.336 e. The first-order valence-electron chi connectivity index (χ1n) is 8.50. The first-order valence-corrected chi connectivity index (χ1v) is 8.50. The highest BCUT2D eigenvalue weighted by molar-refractivity contribution is 5.83. The molecule has 0 amide bonds. The molecule has 2 atom stereocenters. The second-order valence-electron chi connectivity index (χ2n) is 6.75. The summed E-state index contributed by atoms with van der Waals surface area (Å²) in [6, 6.07) is 6.70. The summed E-state index contributed by atoms with van der Waals surface area (Å²) in [5, 5.41) is 0.781. The summed E-state index contributed by atoms with van der Waals surface area (Å²) in [5.74, 6) is 0.555. The molecule has 2 aromatic rings. The molecule has 0 N–H and O–H groups in total. The Kier molecular flexibility index (Phi) is 5.13. The number of ether oxygens (including phenoxy) is 3. The summed E-state index contributed by atoms with van der Waals surface area (Å²) in [6.45, 7) is 7.97. The van der Waals surface area contributed by atoms with Crippen LogP contribution in [-0.2, 0) is 14.3 Å². The van der Waals surface area contributed by atoms with Crippen molar-refractivity contribution in [1.29, 1.82) is 0 Å². The maximum atomic E-state index is 11.7. The van der Waals surface area contributed by atoms with E-state index in [0.29, 0.717) is 28.9 Å². The van der Waals surface area contributed by atoms with Gasteiger partial charge in [0.25, 0.3) is 0 Å². The number of rotatable bonds is 7. The minimum atomic E-state index is -0.439. The number of fused-ring (bicyclic) bond motifs is 1. The number of methoxy groups -OCH3 is 1. The first kappa shape index (κ1) is 18.2. The molecule has 1 saturated heterocycles. The third-order valence-electron chi connectivity index (χ3n) is 4.18. The SMILES string of the molecule is C=C(COC(=O)CC(C)C)[C@@H]1O[C@H]1c1c(OC)ccc2ccc(=O)oc12. The summed E-state index contributed by atoms with van der Waals surface area (Å²) in [6.07, 6.45) is -0.299. The molecule has 1 aromatic carbocycles. The van der Waals surface area contributed by atoms with E-state index in [0.717, 1.165) is 5.39 Å². The lowest BCUT2D eigenvalue weighted by Gasteiger charge is -2.10. The van der Waals surface area contributed by atoms with Gasteiger partial charge in [-0.25, -0.2) is 4.79 Å². The van der Waals surface area contributed by atoms with Crippen LogP contribution in [0.1, 0.15) is 31.9 Å². The second-order valence-corrected chi connectivity index (χ2v) is 6.75. The topological polar surface area (TPSA) is 78.3 Å². The highest BCUT2D eigenvalue weighted by Crippen LogP contribution is 2.48. The van der Waals surface area contributed by atoms with Crippen molar-refractivity contribution in [1.82, 2.24) is 0 Å². The maximum absolute atomic E-state index is 11.7. The van der Waals surface area contributed by atoms with Gasteiger partial charge in [0, 0.05) is 17.9 Å².